The van der Waals surface area contributed by atoms with E-state index in [1.807, 2.05) is 0 Å². The fraction of sp³-hybridized carbons (Fsp3) is 1.00. The molecule has 1 N–H and O–H groups in total. The van der Waals surface area contributed by atoms with Crippen LogP contribution in [-0.2, 0) is 4.74 Å². The Hall–Kier alpha value is -0.0800. The van der Waals surface area contributed by atoms with Gasteiger partial charge in [-0.05, 0) is 38.5 Å². The molecule has 76 valence electrons. The van der Waals surface area contributed by atoms with Gasteiger partial charge in [0.05, 0.1) is 17.8 Å². The number of ether oxygens (including phenoxy) is 1. The Labute approximate surface area is 80.3 Å². The van der Waals surface area contributed by atoms with Gasteiger partial charge in [-0.3, -0.25) is 0 Å². The second-order valence-electron chi connectivity index (χ2n) is 4.96. The highest BCUT2D eigenvalue weighted by molar-refractivity contribution is 5.01. The Morgan fingerprint density at radius 2 is 2.15 bits per heavy atom. The van der Waals surface area contributed by atoms with E-state index >= 15 is 0 Å². The molecule has 1 heterocycles. The van der Waals surface area contributed by atoms with Crippen LogP contribution in [0.2, 0.25) is 0 Å². The lowest BCUT2D eigenvalue weighted by atomic mass is 9.79. The van der Waals surface area contributed by atoms with E-state index in [9.17, 15) is 5.11 Å². The fourth-order valence-corrected chi connectivity index (χ4v) is 2.46. The van der Waals surface area contributed by atoms with E-state index in [-0.39, 0.29) is 5.60 Å². The molecule has 2 nitrogen and oxygen atoms in total. The first kappa shape index (κ1) is 9.47. The van der Waals surface area contributed by atoms with Crippen LogP contribution in [0.15, 0.2) is 0 Å². The van der Waals surface area contributed by atoms with Crippen LogP contribution in [0.25, 0.3) is 0 Å². The molecule has 2 rings (SSSR count). The number of hydrogen-bond acceptors (Lipinski definition) is 2. The van der Waals surface area contributed by atoms with Crippen molar-refractivity contribution in [1.82, 2.24) is 0 Å². The van der Waals surface area contributed by atoms with E-state index in [4.69, 9.17) is 4.74 Å². The van der Waals surface area contributed by atoms with Gasteiger partial charge in [0.1, 0.15) is 0 Å². The predicted octanol–water partition coefficient (Wildman–Crippen LogP) is 2.11. The number of rotatable bonds is 2. The molecule has 2 unspecified atom stereocenters. The van der Waals surface area contributed by atoms with Crippen molar-refractivity contribution in [3.63, 3.8) is 0 Å². The molecule has 1 saturated carbocycles. The van der Waals surface area contributed by atoms with E-state index < -0.39 is 5.60 Å². The molecule has 0 bridgehead atoms. The minimum absolute atomic E-state index is 0.0738. The van der Waals surface area contributed by atoms with Crippen molar-refractivity contribution in [3.05, 3.63) is 0 Å². The van der Waals surface area contributed by atoms with Crippen LogP contribution < -0.4 is 0 Å². The van der Waals surface area contributed by atoms with Gasteiger partial charge < -0.3 is 9.84 Å². The van der Waals surface area contributed by atoms with Crippen LogP contribution >= 0.6 is 0 Å². The molecular weight excluding hydrogens is 164 g/mol. The van der Waals surface area contributed by atoms with Crippen LogP contribution in [0.3, 0.4) is 0 Å². The molecule has 2 fully saturated rings. The first-order valence-corrected chi connectivity index (χ1v) is 5.44. The number of hydrogen-bond donors (Lipinski definition) is 1. The van der Waals surface area contributed by atoms with Gasteiger partial charge in [-0.25, -0.2) is 0 Å². The molecule has 0 radical (unpaired) electrons. The van der Waals surface area contributed by atoms with E-state index in [0.29, 0.717) is 5.92 Å². The standard InChI is InChI=1S/C11H20O2/c1-3-10(2)8-11(12,6-7-13-10)9-4-5-9/h9,12H,3-8H2,1-2H3. The monoisotopic (exact) mass is 184 g/mol. The van der Waals surface area contributed by atoms with Crippen molar-refractivity contribution in [2.75, 3.05) is 6.61 Å². The quantitative estimate of drug-likeness (QED) is 0.712. The first-order valence-electron chi connectivity index (χ1n) is 5.44. The van der Waals surface area contributed by atoms with Gasteiger partial charge >= 0.3 is 0 Å². The lowest BCUT2D eigenvalue weighted by Crippen LogP contribution is -2.48. The molecule has 0 aromatic carbocycles. The Bertz CT molecular complexity index is 200. The van der Waals surface area contributed by atoms with Crippen molar-refractivity contribution in [2.45, 2.75) is 57.2 Å². The van der Waals surface area contributed by atoms with Crippen LogP contribution in [0.5, 0.6) is 0 Å². The highest BCUT2D eigenvalue weighted by Gasteiger charge is 2.49. The van der Waals surface area contributed by atoms with Crippen molar-refractivity contribution in [2.24, 2.45) is 5.92 Å². The van der Waals surface area contributed by atoms with Gasteiger partial charge in [0.25, 0.3) is 0 Å². The van der Waals surface area contributed by atoms with Crippen molar-refractivity contribution in [1.29, 1.82) is 0 Å². The lowest BCUT2D eigenvalue weighted by molar-refractivity contribution is -0.161. The van der Waals surface area contributed by atoms with E-state index in [1.165, 1.54) is 12.8 Å². The summed E-state index contributed by atoms with van der Waals surface area (Å²) in [5, 5.41) is 10.4. The molecule has 13 heavy (non-hydrogen) atoms. The van der Waals surface area contributed by atoms with Gasteiger partial charge in [0, 0.05) is 6.42 Å². The Morgan fingerprint density at radius 1 is 1.46 bits per heavy atom. The zero-order valence-corrected chi connectivity index (χ0v) is 8.68. The summed E-state index contributed by atoms with van der Waals surface area (Å²) in [4.78, 5) is 0. The highest BCUT2D eigenvalue weighted by atomic mass is 16.5. The van der Waals surface area contributed by atoms with Crippen molar-refractivity contribution >= 4 is 0 Å². The molecule has 2 atom stereocenters. The molecular formula is C11H20O2. The van der Waals surface area contributed by atoms with Crippen LogP contribution in [0.1, 0.15) is 46.0 Å². The lowest BCUT2D eigenvalue weighted by Gasteiger charge is -2.43. The molecule has 0 aromatic rings. The topological polar surface area (TPSA) is 29.5 Å². The summed E-state index contributed by atoms with van der Waals surface area (Å²) in [6.45, 7) is 5.00. The second kappa shape index (κ2) is 2.96. The zero-order valence-electron chi connectivity index (χ0n) is 8.68. The minimum Gasteiger partial charge on any atom is -0.389 e. The van der Waals surface area contributed by atoms with Crippen molar-refractivity contribution < 1.29 is 9.84 Å². The van der Waals surface area contributed by atoms with Crippen LogP contribution in [0.4, 0.5) is 0 Å². The smallest absolute Gasteiger partial charge is 0.0725 e. The second-order valence-corrected chi connectivity index (χ2v) is 4.96. The van der Waals surface area contributed by atoms with Gasteiger partial charge in [-0.2, -0.15) is 0 Å². The molecule has 2 heteroatoms. The van der Waals surface area contributed by atoms with E-state index in [1.54, 1.807) is 0 Å². The summed E-state index contributed by atoms with van der Waals surface area (Å²) >= 11 is 0. The zero-order chi connectivity index (χ0) is 9.53. The third-order valence-corrected chi connectivity index (χ3v) is 3.75. The Kier molecular flexibility index (Phi) is 2.16. The molecule has 1 saturated heterocycles. The third-order valence-electron chi connectivity index (χ3n) is 3.75. The number of aliphatic hydroxyl groups is 1. The minimum atomic E-state index is -0.400. The van der Waals surface area contributed by atoms with Crippen LogP contribution in [0, 0.1) is 5.92 Å². The van der Waals surface area contributed by atoms with E-state index in [0.717, 1.165) is 25.9 Å². The predicted molar refractivity (Wildman–Crippen MR) is 51.6 cm³/mol. The maximum atomic E-state index is 10.4. The molecule has 1 aliphatic heterocycles. The maximum absolute atomic E-state index is 10.4. The maximum Gasteiger partial charge on any atom is 0.0725 e. The summed E-state index contributed by atoms with van der Waals surface area (Å²) in [7, 11) is 0. The van der Waals surface area contributed by atoms with Crippen molar-refractivity contribution in [3.8, 4) is 0 Å². The summed E-state index contributed by atoms with van der Waals surface area (Å²) in [6.07, 6.45) is 5.11. The Balaban J connectivity index is 2.06. The molecule has 0 aromatic heterocycles. The third kappa shape index (κ3) is 1.75. The fourth-order valence-electron chi connectivity index (χ4n) is 2.46. The normalized spacial score (nSPS) is 46.4. The Morgan fingerprint density at radius 3 is 2.69 bits per heavy atom. The molecule has 0 spiro atoms. The highest BCUT2D eigenvalue weighted by Crippen LogP contribution is 2.48. The van der Waals surface area contributed by atoms with Gasteiger partial charge in [0.2, 0.25) is 0 Å². The van der Waals surface area contributed by atoms with Gasteiger partial charge in [-0.1, -0.05) is 6.92 Å². The molecule has 2 aliphatic rings. The van der Waals surface area contributed by atoms with Crippen LogP contribution in [-0.4, -0.2) is 22.9 Å². The SMILES string of the molecule is CCC1(C)CC(O)(C2CC2)CCO1. The average Bonchev–Trinajstić information content (AvgIpc) is 2.86. The summed E-state index contributed by atoms with van der Waals surface area (Å²) < 4.78 is 5.73. The largest absolute Gasteiger partial charge is 0.389 e. The summed E-state index contributed by atoms with van der Waals surface area (Å²) in [5.41, 5.74) is -0.474. The average molecular weight is 184 g/mol. The summed E-state index contributed by atoms with van der Waals surface area (Å²) in [6, 6.07) is 0. The molecule has 1 aliphatic carbocycles. The van der Waals surface area contributed by atoms with Gasteiger partial charge in [-0.15, -0.1) is 0 Å². The van der Waals surface area contributed by atoms with Gasteiger partial charge in [0.15, 0.2) is 0 Å². The first-order chi connectivity index (χ1) is 6.08. The van der Waals surface area contributed by atoms with E-state index in [2.05, 4.69) is 13.8 Å². The summed E-state index contributed by atoms with van der Waals surface area (Å²) in [5.74, 6) is 0.572. The molecule has 0 amide bonds.